The molecule has 1 unspecified atom stereocenters. The molecule has 2 heterocycles. The van der Waals surface area contributed by atoms with Gasteiger partial charge >= 0.3 is 0 Å². The monoisotopic (exact) mass is 421 g/mol. The molecule has 8 nitrogen and oxygen atoms in total. The number of carbonyl (C=O) groups is 2. The number of aryl methyl sites for hydroxylation is 1. The number of hydrogen-bond acceptors (Lipinski definition) is 5. The minimum absolute atomic E-state index is 0. The van der Waals surface area contributed by atoms with Gasteiger partial charge in [0.1, 0.15) is 0 Å². The number of benzene rings is 1. The lowest BCUT2D eigenvalue weighted by atomic mass is 10.0. The first-order valence-electron chi connectivity index (χ1n) is 9.72. The Hall–Kier alpha value is -2.45. The summed E-state index contributed by atoms with van der Waals surface area (Å²) in [4.78, 5) is 38.9. The fourth-order valence-corrected chi connectivity index (χ4v) is 3.74. The molecule has 0 bridgehead atoms. The van der Waals surface area contributed by atoms with Gasteiger partial charge in [0.15, 0.2) is 0 Å². The summed E-state index contributed by atoms with van der Waals surface area (Å²) < 4.78 is 1.28. The van der Waals surface area contributed by atoms with Crippen molar-refractivity contribution in [1.29, 1.82) is 0 Å². The molecule has 3 rings (SSSR count). The highest BCUT2D eigenvalue weighted by molar-refractivity contribution is 5.88. The van der Waals surface area contributed by atoms with Crippen LogP contribution in [0.3, 0.4) is 0 Å². The van der Waals surface area contributed by atoms with Gasteiger partial charge in [-0.3, -0.25) is 14.4 Å². The lowest BCUT2D eigenvalue weighted by Gasteiger charge is -2.36. The number of likely N-dealkylation sites (tertiary alicyclic amines) is 1. The average Bonchev–Trinajstić information content (AvgIpc) is 2.70. The highest BCUT2D eigenvalue weighted by Gasteiger charge is 2.27. The maximum atomic E-state index is 13.1. The van der Waals surface area contributed by atoms with Crippen molar-refractivity contribution in [2.24, 2.45) is 12.8 Å². The van der Waals surface area contributed by atoms with Crippen molar-refractivity contribution in [3.8, 4) is 0 Å². The van der Waals surface area contributed by atoms with Crippen LogP contribution in [-0.2, 0) is 23.1 Å². The van der Waals surface area contributed by atoms with Crippen LogP contribution < -0.4 is 16.6 Å². The third-order valence-electron chi connectivity index (χ3n) is 5.21. The minimum atomic E-state index is -0.176. The molecule has 1 aromatic carbocycles. The highest BCUT2D eigenvalue weighted by Crippen LogP contribution is 2.20. The summed E-state index contributed by atoms with van der Waals surface area (Å²) in [5.41, 5.74) is 5.83. The second-order valence-corrected chi connectivity index (χ2v) is 7.18. The molecule has 1 fully saturated rings. The van der Waals surface area contributed by atoms with Gasteiger partial charge < -0.3 is 16.0 Å². The molecule has 1 aliphatic rings. The van der Waals surface area contributed by atoms with Crippen LogP contribution in [0.25, 0.3) is 10.8 Å². The number of nitrogens with one attached hydrogen (secondary N) is 1. The van der Waals surface area contributed by atoms with Crippen molar-refractivity contribution in [3.63, 3.8) is 0 Å². The quantitative estimate of drug-likeness (QED) is 0.714. The topological polar surface area (TPSA) is 110 Å². The standard InChI is InChI=1S/C20H27N5O3.ClH/c1-24-20(28)16-8-3-2-7-15(16)17(23-24)12-19(27)25-11-5-4-6-14(25)13-22-18(26)9-10-21;/h2-3,7-8,14H,4-6,9-13,21H2,1H3,(H,22,26);1H. The molecule has 0 radical (unpaired) electrons. The maximum absolute atomic E-state index is 13.1. The van der Waals surface area contributed by atoms with Gasteiger partial charge in [0.25, 0.3) is 5.56 Å². The Labute approximate surface area is 175 Å². The molecule has 3 N–H and O–H groups in total. The van der Waals surface area contributed by atoms with Crippen LogP contribution in [0.2, 0.25) is 0 Å². The predicted octanol–water partition coefficient (Wildman–Crippen LogP) is 0.744. The molecule has 1 atom stereocenters. The number of carbonyl (C=O) groups excluding carboxylic acids is 2. The molecule has 1 aliphatic heterocycles. The van der Waals surface area contributed by atoms with Crippen molar-refractivity contribution in [2.75, 3.05) is 19.6 Å². The summed E-state index contributed by atoms with van der Waals surface area (Å²) in [6.07, 6.45) is 3.25. The summed E-state index contributed by atoms with van der Waals surface area (Å²) in [5.74, 6) is -0.125. The maximum Gasteiger partial charge on any atom is 0.274 e. The summed E-state index contributed by atoms with van der Waals surface area (Å²) in [5, 5.41) is 8.48. The van der Waals surface area contributed by atoms with Crippen molar-refractivity contribution in [2.45, 2.75) is 38.1 Å². The van der Waals surface area contributed by atoms with Crippen LogP contribution in [0.15, 0.2) is 29.1 Å². The molecular weight excluding hydrogens is 394 g/mol. The Balaban J connectivity index is 0.00000300. The smallest absolute Gasteiger partial charge is 0.274 e. The van der Waals surface area contributed by atoms with E-state index in [1.807, 2.05) is 17.0 Å². The first-order chi connectivity index (χ1) is 13.5. The first-order valence-corrected chi connectivity index (χ1v) is 9.72. The van der Waals surface area contributed by atoms with E-state index in [9.17, 15) is 14.4 Å². The number of fused-ring (bicyclic) bond motifs is 1. The van der Waals surface area contributed by atoms with Crippen LogP contribution in [-0.4, -0.2) is 52.2 Å². The van der Waals surface area contributed by atoms with E-state index in [0.29, 0.717) is 36.1 Å². The van der Waals surface area contributed by atoms with Crippen LogP contribution in [0.5, 0.6) is 0 Å². The number of hydrogen-bond donors (Lipinski definition) is 2. The Bertz CT molecular complexity index is 930. The molecule has 1 saturated heterocycles. The number of piperidine rings is 1. The van der Waals surface area contributed by atoms with Gasteiger partial charge in [-0.1, -0.05) is 18.2 Å². The number of amides is 2. The largest absolute Gasteiger partial charge is 0.354 e. The van der Waals surface area contributed by atoms with Crippen molar-refractivity contribution >= 4 is 35.0 Å². The van der Waals surface area contributed by atoms with Gasteiger partial charge in [-0.05, 0) is 25.3 Å². The van der Waals surface area contributed by atoms with E-state index in [-0.39, 0.29) is 48.7 Å². The molecule has 0 spiro atoms. The summed E-state index contributed by atoms with van der Waals surface area (Å²) >= 11 is 0. The van der Waals surface area contributed by atoms with Gasteiger partial charge in [0.05, 0.1) is 17.5 Å². The third kappa shape index (κ3) is 5.33. The zero-order chi connectivity index (χ0) is 20.1. The SMILES string of the molecule is Cl.Cn1nc(CC(=O)N2CCCCC2CNC(=O)CCN)c2ccccc2c1=O. The number of aromatic nitrogens is 2. The number of nitrogens with zero attached hydrogens (tertiary/aromatic N) is 3. The van der Waals surface area contributed by atoms with Gasteiger partial charge in [-0.25, -0.2) is 4.68 Å². The van der Waals surface area contributed by atoms with Crippen LogP contribution in [0.1, 0.15) is 31.4 Å². The third-order valence-corrected chi connectivity index (χ3v) is 5.21. The molecule has 2 aromatic rings. The Kier molecular flexibility index (Phi) is 8.16. The zero-order valence-electron chi connectivity index (χ0n) is 16.6. The van der Waals surface area contributed by atoms with Gasteiger partial charge in [0.2, 0.25) is 11.8 Å². The zero-order valence-corrected chi connectivity index (χ0v) is 17.4. The van der Waals surface area contributed by atoms with E-state index in [2.05, 4.69) is 10.4 Å². The molecule has 2 amide bonds. The van der Waals surface area contributed by atoms with E-state index < -0.39 is 0 Å². The van der Waals surface area contributed by atoms with Crippen molar-refractivity contribution < 1.29 is 9.59 Å². The number of rotatable bonds is 6. The Morgan fingerprint density at radius 2 is 1.97 bits per heavy atom. The van der Waals surface area contributed by atoms with Gasteiger partial charge in [-0.2, -0.15) is 5.10 Å². The molecule has 29 heavy (non-hydrogen) atoms. The highest BCUT2D eigenvalue weighted by atomic mass is 35.5. The lowest BCUT2D eigenvalue weighted by Crippen LogP contribution is -2.50. The van der Waals surface area contributed by atoms with Crippen LogP contribution in [0, 0.1) is 0 Å². The first kappa shape index (κ1) is 22.8. The lowest BCUT2D eigenvalue weighted by molar-refractivity contribution is -0.134. The molecule has 9 heteroatoms. The Morgan fingerprint density at radius 3 is 2.69 bits per heavy atom. The molecule has 0 aliphatic carbocycles. The van der Waals surface area contributed by atoms with E-state index in [4.69, 9.17) is 5.73 Å². The summed E-state index contributed by atoms with van der Waals surface area (Å²) in [6, 6.07) is 7.20. The van der Waals surface area contributed by atoms with Crippen LogP contribution >= 0.6 is 12.4 Å². The molecule has 158 valence electrons. The van der Waals surface area contributed by atoms with Crippen LogP contribution in [0.4, 0.5) is 0 Å². The van der Waals surface area contributed by atoms with Gasteiger partial charge in [-0.15, -0.1) is 12.4 Å². The van der Waals surface area contributed by atoms with E-state index >= 15 is 0 Å². The fourth-order valence-electron chi connectivity index (χ4n) is 3.74. The van der Waals surface area contributed by atoms with E-state index in [1.165, 1.54) is 4.68 Å². The summed E-state index contributed by atoms with van der Waals surface area (Å²) in [6.45, 7) is 1.41. The van der Waals surface area contributed by atoms with Gasteiger partial charge in [0, 0.05) is 44.5 Å². The molecule has 1 aromatic heterocycles. The van der Waals surface area contributed by atoms with E-state index in [0.717, 1.165) is 19.3 Å². The predicted molar refractivity (Wildman–Crippen MR) is 114 cm³/mol. The average molecular weight is 422 g/mol. The van der Waals surface area contributed by atoms with E-state index in [1.54, 1.807) is 19.2 Å². The van der Waals surface area contributed by atoms with Crippen molar-refractivity contribution in [1.82, 2.24) is 20.0 Å². The minimum Gasteiger partial charge on any atom is -0.354 e. The Morgan fingerprint density at radius 1 is 1.24 bits per heavy atom. The summed E-state index contributed by atoms with van der Waals surface area (Å²) in [7, 11) is 1.60. The molecular formula is C20H28ClN5O3. The normalized spacial score (nSPS) is 16.3. The number of nitrogens with two attached hydrogens (primary N) is 1. The second-order valence-electron chi connectivity index (χ2n) is 7.18. The fraction of sp³-hybridized carbons (Fsp3) is 0.500. The number of halogens is 1. The molecule has 0 saturated carbocycles. The van der Waals surface area contributed by atoms with Crippen molar-refractivity contribution in [3.05, 3.63) is 40.3 Å². The second kappa shape index (κ2) is 10.4.